The fourth-order valence-corrected chi connectivity index (χ4v) is 4.74. The van der Waals surface area contributed by atoms with Crippen LogP contribution in [0.4, 0.5) is 0 Å². The van der Waals surface area contributed by atoms with Gasteiger partial charge in [-0.3, -0.25) is 4.79 Å². The van der Waals surface area contributed by atoms with Crippen molar-refractivity contribution in [2.24, 2.45) is 5.92 Å². The predicted molar refractivity (Wildman–Crippen MR) is 95.9 cm³/mol. The van der Waals surface area contributed by atoms with Crippen molar-refractivity contribution >= 4 is 15.9 Å². The maximum atomic E-state index is 13.0. The molecule has 0 spiro atoms. The standard InChI is InChI=1S/C18H21N3O4S/c1-26(23,24)20-10-13-7-8-15(12-20)21(11-13)18(22)16-9-17(25-19-16)14-5-3-2-4-6-14/h2-6,9,13,15H,7-8,10-12H2,1H3/t13-,15+/m1/s1. The van der Waals surface area contributed by atoms with Crippen molar-refractivity contribution in [1.82, 2.24) is 14.4 Å². The van der Waals surface area contributed by atoms with E-state index in [0.717, 1.165) is 18.4 Å². The van der Waals surface area contributed by atoms with Crippen LogP contribution in [0.5, 0.6) is 0 Å². The summed E-state index contributed by atoms with van der Waals surface area (Å²) in [5.74, 6) is 0.514. The van der Waals surface area contributed by atoms with Crippen LogP contribution >= 0.6 is 0 Å². The maximum absolute atomic E-state index is 13.0. The fourth-order valence-electron chi connectivity index (χ4n) is 3.82. The minimum Gasteiger partial charge on any atom is -0.355 e. The molecule has 1 aromatic heterocycles. The lowest BCUT2D eigenvalue weighted by atomic mass is 9.94. The Balaban J connectivity index is 1.57. The van der Waals surface area contributed by atoms with E-state index in [-0.39, 0.29) is 23.6 Å². The second-order valence-corrected chi connectivity index (χ2v) is 9.06. The summed E-state index contributed by atoms with van der Waals surface area (Å²) in [7, 11) is -3.26. The number of nitrogens with zero attached hydrogens (tertiary/aromatic N) is 3. The highest BCUT2D eigenvalue weighted by Crippen LogP contribution is 2.30. The molecule has 3 aliphatic heterocycles. The quantitative estimate of drug-likeness (QED) is 0.817. The number of carbonyl (C=O) groups is 1. The third-order valence-electron chi connectivity index (χ3n) is 5.20. The van der Waals surface area contributed by atoms with Gasteiger partial charge >= 0.3 is 0 Å². The first-order valence-corrected chi connectivity index (χ1v) is 10.5. The van der Waals surface area contributed by atoms with E-state index < -0.39 is 10.0 Å². The number of sulfonamides is 1. The Morgan fingerprint density at radius 3 is 2.65 bits per heavy atom. The van der Waals surface area contributed by atoms with E-state index in [4.69, 9.17) is 4.52 Å². The van der Waals surface area contributed by atoms with E-state index in [2.05, 4.69) is 5.16 Å². The minimum atomic E-state index is -3.26. The first kappa shape index (κ1) is 17.2. The zero-order valence-electron chi connectivity index (χ0n) is 14.5. The average molecular weight is 375 g/mol. The molecule has 0 radical (unpaired) electrons. The molecule has 0 saturated carbocycles. The topological polar surface area (TPSA) is 83.7 Å². The minimum absolute atomic E-state index is 0.118. The molecule has 0 aliphatic carbocycles. The van der Waals surface area contributed by atoms with Gasteiger partial charge in [0.05, 0.1) is 6.26 Å². The maximum Gasteiger partial charge on any atom is 0.276 e. The van der Waals surface area contributed by atoms with Crippen LogP contribution < -0.4 is 0 Å². The molecule has 1 amide bonds. The average Bonchev–Trinajstić information content (AvgIpc) is 2.92. The third-order valence-corrected chi connectivity index (χ3v) is 6.43. The van der Waals surface area contributed by atoms with E-state index in [1.54, 1.807) is 11.0 Å². The molecular formula is C18H21N3O4S. The Hall–Kier alpha value is -2.19. The summed E-state index contributed by atoms with van der Waals surface area (Å²) in [4.78, 5) is 14.7. The number of benzene rings is 1. The predicted octanol–water partition coefficient (Wildman–Crippen LogP) is 1.84. The largest absolute Gasteiger partial charge is 0.355 e. The van der Waals surface area contributed by atoms with E-state index in [0.29, 0.717) is 25.4 Å². The Labute approximate surface area is 152 Å². The number of aromatic nitrogens is 1. The molecule has 0 N–H and O–H groups in total. The Bertz CT molecular complexity index is 910. The normalized spacial score (nSPS) is 23.8. The van der Waals surface area contributed by atoms with Gasteiger partial charge in [0, 0.05) is 37.3 Å². The van der Waals surface area contributed by atoms with Crippen molar-refractivity contribution in [3.63, 3.8) is 0 Å². The highest BCUT2D eigenvalue weighted by molar-refractivity contribution is 7.88. The van der Waals surface area contributed by atoms with E-state index in [9.17, 15) is 13.2 Å². The lowest BCUT2D eigenvalue weighted by Gasteiger charge is -2.35. The third kappa shape index (κ3) is 3.26. The molecule has 3 fully saturated rings. The fraction of sp³-hybridized carbons (Fsp3) is 0.444. The summed E-state index contributed by atoms with van der Waals surface area (Å²) in [6, 6.07) is 11.0. The molecule has 138 valence electrons. The number of hydrogen-bond donors (Lipinski definition) is 0. The molecular weight excluding hydrogens is 354 g/mol. The van der Waals surface area contributed by atoms with Gasteiger partial charge in [-0.1, -0.05) is 35.5 Å². The highest BCUT2D eigenvalue weighted by Gasteiger charge is 2.40. The van der Waals surface area contributed by atoms with Gasteiger partial charge < -0.3 is 9.42 Å². The molecule has 5 rings (SSSR count). The molecule has 0 unspecified atom stereocenters. The monoisotopic (exact) mass is 375 g/mol. The zero-order valence-corrected chi connectivity index (χ0v) is 15.4. The second kappa shape index (κ2) is 6.51. The van der Waals surface area contributed by atoms with Gasteiger partial charge in [-0.15, -0.1) is 0 Å². The SMILES string of the molecule is CS(=O)(=O)N1C[C@H]2CC[C@@H](C1)N(C(=O)c1cc(-c3ccccc3)on1)C2. The Morgan fingerprint density at radius 2 is 1.92 bits per heavy atom. The summed E-state index contributed by atoms with van der Waals surface area (Å²) in [6.07, 6.45) is 2.98. The summed E-state index contributed by atoms with van der Waals surface area (Å²) in [5.41, 5.74) is 1.13. The van der Waals surface area contributed by atoms with Gasteiger partial charge in [-0.2, -0.15) is 4.31 Å². The van der Waals surface area contributed by atoms with Crippen LogP contribution in [0.2, 0.25) is 0 Å². The second-order valence-electron chi connectivity index (χ2n) is 7.08. The molecule has 3 saturated heterocycles. The highest BCUT2D eigenvalue weighted by atomic mass is 32.2. The van der Waals surface area contributed by atoms with Crippen LogP contribution in [0.15, 0.2) is 40.9 Å². The number of fused-ring (bicyclic) bond motifs is 4. The first-order chi connectivity index (χ1) is 12.4. The molecule has 2 bridgehead atoms. The van der Waals surface area contributed by atoms with Crippen LogP contribution in [0.1, 0.15) is 23.3 Å². The number of amides is 1. The first-order valence-electron chi connectivity index (χ1n) is 8.70. The molecule has 1 aromatic carbocycles. The number of rotatable bonds is 3. The van der Waals surface area contributed by atoms with Gasteiger partial charge in [-0.05, 0) is 18.8 Å². The number of piperidine rings is 1. The number of hydrogen-bond acceptors (Lipinski definition) is 5. The van der Waals surface area contributed by atoms with E-state index in [1.165, 1.54) is 10.6 Å². The summed E-state index contributed by atoms with van der Waals surface area (Å²) in [5, 5.41) is 3.95. The lowest BCUT2D eigenvalue weighted by Crippen LogP contribution is -2.47. The molecule has 4 heterocycles. The zero-order chi connectivity index (χ0) is 18.3. The Kier molecular flexibility index (Phi) is 4.32. The van der Waals surface area contributed by atoms with Gasteiger partial charge in [0.1, 0.15) is 0 Å². The molecule has 2 aromatic rings. The van der Waals surface area contributed by atoms with Crippen molar-refractivity contribution in [2.45, 2.75) is 18.9 Å². The molecule has 7 nitrogen and oxygen atoms in total. The van der Waals surface area contributed by atoms with Gasteiger partial charge in [0.15, 0.2) is 11.5 Å². The summed E-state index contributed by atoms with van der Waals surface area (Å²) >= 11 is 0. The van der Waals surface area contributed by atoms with Crippen LogP contribution in [-0.2, 0) is 10.0 Å². The van der Waals surface area contributed by atoms with Gasteiger partial charge in [-0.25, -0.2) is 8.42 Å². The van der Waals surface area contributed by atoms with Crippen LogP contribution in [-0.4, -0.2) is 60.6 Å². The smallest absolute Gasteiger partial charge is 0.276 e. The lowest BCUT2D eigenvalue weighted by molar-refractivity contribution is 0.0578. The van der Waals surface area contributed by atoms with Gasteiger partial charge in [0.25, 0.3) is 5.91 Å². The summed E-state index contributed by atoms with van der Waals surface area (Å²) in [6.45, 7) is 1.39. The van der Waals surface area contributed by atoms with Crippen LogP contribution in [0, 0.1) is 5.92 Å². The summed E-state index contributed by atoms with van der Waals surface area (Å²) < 4.78 is 30.8. The van der Waals surface area contributed by atoms with Crippen LogP contribution in [0.3, 0.4) is 0 Å². The van der Waals surface area contributed by atoms with Gasteiger partial charge in [0.2, 0.25) is 10.0 Å². The molecule has 2 atom stereocenters. The van der Waals surface area contributed by atoms with Crippen molar-refractivity contribution in [1.29, 1.82) is 0 Å². The van der Waals surface area contributed by atoms with Crippen molar-refractivity contribution in [3.05, 3.63) is 42.1 Å². The van der Waals surface area contributed by atoms with Crippen molar-refractivity contribution in [2.75, 3.05) is 25.9 Å². The van der Waals surface area contributed by atoms with Crippen molar-refractivity contribution in [3.8, 4) is 11.3 Å². The molecule has 3 aliphatic rings. The number of carbonyl (C=O) groups excluding carboxylic acids is 1. The van der Waals surface area contributed by atoms with Crippen LogP contribution in [0.25, 0.3) is 11.3 Å². The van der Waals surface area contributed by atoms with E-state index in [1.807, 2.05) is 30.3 Å². The molecule has 26 heavy (non-hydrogen) atoms. The Morgan fingerprint density at radius 1 is 1.15 bits per heavy atom. The molecule has 8 heteroatoms. The van der Waals surface area contributed by atoms with Crippen molar-refractivity contribution < 1.29 is 17.7 Å². The van der Waals surface area contributed by atoms with E-state index >= 15 is 0 Å².